The maximum absolute atomic E-state index is 5.39. The van der Waals surface area contributed by atoms with Crippen molar-refractivity contribution in [3.05, 3.63) is 212 Å². The van der Waals surface area contributed by atoms with Crippen molar-refractivity contribution in [2.45, 2.75) is 0 Å². The molecule has 2 heterocycles. The van der Waals surface area contributed by atoms with Crippen LogP contribution in [-0.2, 0) is 0 Å². The molecular weight excluding hydrogens is 671 g/mol. The van der Waals surface area contributed by atoms with Crippen molar-refractivity contribution in [1.82, 2.24) is 14.5 Å². The van der Waals surface area contributed by atoms with E-state index in [4.69, 9.17) is 9.97 Å². The second-order valence-corrected chi connectivity index (χ2v) is 17.6. The minimum absolute atomic E-state index is 0.660. The summed E-state index contributed by atoms with van der Waals surface area (Å²) in [6.07, 6.45) is 0. The fourth-order valence-electron chi connectivity index (χ4n) is 8.32. The van der Waals surface area contributed by atoms with Gasteiger partial charge in [0, 0.05) is 21.7 Å². The van der Waals surface area contributed by atoms with Crippen molar-refractivity contribution in [1.29, 1.82) is 0 Å². The molecule has 2 aromatic heterocycles. The van der Waals surface area contributed by atoms with E-state index in [0.717, 1.165) is 33.2 Å². The molecule has 0 N–H and O–H groups in total. The summed E-state index contributed by atoms with van der Waals surface area (Å²) < 4.78 is 2.25. The highest BCUT2D eigenvalue weighted by Gasteiger charge is 2.41. The van der Waals surface area contributed by atoms with Crippen molar-refractivity contribution in [3.63, 3.8) is 0 Å². The second kappa shape index (κ2) is 13.3. The van der Waals surface area contributed by atoms with Crippen LogP contribution in [0.3, 0.4) is 0 Å². The number of hydrogen-bond acceptors (Lipinski definition) is 2. The quantitative estimate of drug-likeness (QED) is 0.122. The van der Waals surface area contributed by atoms with Crippen molar-refractivity contribution in [3.8, 4) is 28.3 Å². The molecule has 0 amide bonds. The van der Waals surface area contributed by atoms with Crippen LogP contribution in [0.4, 0.5) is 0 Å². The van der Waals surface area contributed by atoms with Gasteiger partial charge in [0.05, 0.1) is 22.2 Å². The Morgan fingerprint density at radius 3 is 1.44 bits per heavy atom. The lowest BCUT2D eigenvalue weighted by atomic mass is 10.0. The number of para-hydroxylation sites is 2. The van der Waals surface area contributed by atoms with E-state index in [1.54, 1.807) is 0 Å². The molecule has 0 saturated carbocycles. The minimum Gasteiger partial charge on any atom is -0.278 e. The van der Waals surface area contributed by atoms with Crippen molar-refractivity contribution >= 4 is 61.5 Å². The Morgan fingerprint density at radius 2 is 0.815 bits per heavy atom. The van der Waals surface area contributed by atoms with Crippen LogP contribution in [0, 0.1) is 0 Å². The Kier molecular flexibility index (Phi) is 7.82. The molecule has 10 aromatic rings. The van der Waals surface area contributed by atoms with Gasteiger partial charge in [-0.1, -0.05) is 194 Å². The molecule has 0 aliphatic rings. The third-order valence-corrected chi connectivity index (χ3v) is 15.6. The maximum atomic E-state index is 5.39. The van der Waals surface area contributed by atoms with Crippen LogP contribution in [0.25, 0.3) is 61.0 Å². The number of nitrogens with zero attached hydrogens (tertiary/aromatic N) is 3. The average molecular weight is 706 g/mol. The van der Waals surface area contributed by atoms with Gasteiger partial charge < -0.3 is 0 Å². The zero-order chi connectivity index (χ0) is 35.9. The van der Waals surface area contributed by atoms with Crippen LogP contribution in [0.2, 0.25) is 0 Å². The Labute approximate surface area is 315 Å². The Balaban J connectivity index is 1.21. The Morgan fingerprint density at radius 1 is 0.333 bits per heavy atom. The second-order valence-electron chi connectivity index (χ2n) is 13.8. The summed E-state index contributed by atoms with van der Waals surface area (Å²) in [7, 11) is -2.73. The van der Waals surface area contributed by atoms with Gasteiger partial charge in [-0.05, 0) is 50.1 Å². The Hall–Kier alpha value is -6.88. The topological polar surface area (TPSA) is 30.7 Å². The molecule has 10 rings (SSSR count). The number of fused-ring (bicyclic) bond motifs is 4. The van der Waals surface area contributed by atoms with Gasteiger partial charge in [-0.2, -0.15) is 0 Å². The largest absolute Gasteiger partial charge is 0.278 e. The van der Waals surface area contributed by atoms with Crippen molar-refractivity contribution < 1.29 is 0 Å². The molecule has 0 atom stereocenters. The van der Waals surface area contributed by atoms with Gasteiger partial charge in [-0.15, -0.1) is 0 Å². The third-order valence-electron chi connectivity index (χ3n) is 10.8. The predicted molar refractivity (Wildman–Crippen MR) is 228 cm³/mol. The summed E-state index contributed by atoms with van der Waals surface area (Å²) in [5.41, 5.74) is 7.42. The molecule has 8 aromatic carbocycles. The highest BCUT2D eigenvalue weighted by Crippen LogP contribution is 2.34. The lowest BCUT2D eigenvalue weighted by molar-refractivity contribution is 1.01. The molecule has 0 aliphatic carbocycles. The molecule has 0 unspecified atom stereocenters. The molecule has 0 aliphatic heterocycles. The molecule has 0 fully saturated rings. The van der Waals surface area contributed by atoms with Crippen LogP contribution >= 0.6 is 0 Å². The highest BCUT2D eigenvalue weighted by molar-refractivity contribution is 7.20. The van der Waals surface area contributed by atoms with Gasteiger partial charge in [0.15, 0.2) is 8.07 Å². The van der Waals surface area contributed by atoms with E-state index < -0.39 is 8.07 Å². The lowest BCUT2D eigenvalue weighted by Crippen LogP contribution is -2.74. The first-order chi connectivity index (χ1) is 26.8. The first kappa shape index (κ1) is 31.8. The summed E-state index contributed by atoms with van der Waals surface area (Å²) in [5, 5.41) is 8.79. The standard InChI is InChI=1S/C50H35N3Si/c1-5-17-36(18-6-1)37-29-31-38(32-30-37)49-44-26-13-15-27-46(44)51-50(52-49)53-47-28-16-14-25-43(47)45-35-42(33-34-48(45)53)54(39-19-7-2-8-20-39,40-21-9-3-10-22-40)41-23-11-4-12-24-41/h1-35H. The molecular formula is C50H35N3Si. The summed E-state index contributed by atoms with van der Waals surface area (Å²) in [6.45, 7) is 0. The SMILES string of the molecule is c1ccc(-c2ccc(-c3nc(-n4c5ccccc5c5cc([Si](c6ccccc6)(c6ccccc6)c6ccccc6)ccc54)nc4ccccc34)cc2)cc1. The van der Waals surface area contributed by atoms with Gasteiger partial charge in [0.2, 0.25) is 5.95 Å². The highest BCUT2D eigenvalue weighted by atomic mass is 28.3. The molecule has 0 saturated heterocycles. The monoisotopic (exact) mass is 705 g/mol. The lowest BCUT2D eigenvalue weighted by Gasteiger charge is -2.34. The minimum atomic E-state index is -2.73. The summed E-state index contributed by atoms with van der Waals surface area (Å²) in [6, 6.07) is 76.7. The smallest absolute Gasteiger partial charge is 0.235 e. The molecule has 4 heteroatoms. The number of hydrogen-bond donors (Lipinski definition) is 0. The van der Waals surface area contributed by atoms with E-state index >= 15 is 0 Å². The number of rotatable bonds is 7. The molecule has 0 bridgehead atoms. The van der Waals surface area contributed by atoms with Crippen LogP contribution < -0.4 is 20.7 Å². The summed E-state index contributed by atoms with van der Waals surface area (Å²) >= 11 is 0. The predicted octanol–water partition coefficient (Wildman–Crippen LogP) is 9.44. The molecule has 254 valence electrons. The van der Waals surface area contributed by atoms with Crippen molar-refractivity contribution in [2.75, 3.05) is 0 Å². The first-order valence-corrected chi connectivity index (χ1v) is 20.4. The Bertz CT molecular complexity index is 2810. The van der Waals surface area contributed by atoms with E-state index in [-0.39, 0.29) is 0 Å². The maximum Gasteiger partial charge on any atom is 0.235 e. The van der Waals surface area contributed by atoms with Gasteiger partial charge in [0.25, 0.3) is 0 Å². The van der Waals surface area contributed by atoms with E-state index in [1.165, 1.54) is 42.6 Å². The third kappa shape index (κ3) is 5.19. The van der Waals surface area contributed by atoms with E-state index in [9.17, 15) is 0 Å². The molecule has 3 nitrogen and oxygen atoms in total. The fourth-order valence-corrected chi connectivity index (χ4v) is 13.1. The van der Waals surface area contributed by atoms with Gasteiger partial charge in [-0.3, -0.25) is 4.57 Å². The zero-order valence-corrected chi connectivity index (χ0v) is 30.5. The van der Waals surface area contributed by atoms with Crippen LogP contribution in [0.15, 0.2) is 212 Å². The summed E-state index contributed by atoms with van der Waals surface area (Å²) in [5.74, 6) is 0.660. The summed E-state index contributed by atoms with van der Waals surface area (Å²) in [4.78, 5) is 10.6. The van der Waals surface area contributed by atoms with Gasteiger partial charge >= 0.3 is 0 Å². The average Bonchev–Trinajstić information content (AvgIpc) is 3.59. The van der Waals surface area contributed by atoms with Gasteiger partial charge in [-0.25, -0.2) is 9.97 Å². The number of benzene rings is 8. The zero-order valence-electron chi connectivity index (χ0n) is 29.5. The van der Waals surface area contributed by atoms with Crippen LogP contribution in [0.1, 0.15) is 0 Å². The normalized spacial score (nSPS) is 11.7. The molecule has 0 spiro atoms. The van der Waals surface area contributed by atoms with E-state index in [2.05, 4.69) is 217 Å². The number of aromatic nitrogens is 3. The molecule has 0 radical (unpaired) electrons. The van der Waals surface area contributed by atoms with Crippen molar-refractivity contribution in [2.24, 2.45) is 0 Å². The van der Waals surface area contributed by atoms with E-state index in [1.807, 2.05) is 0 Å². The van der Waals surface area contributed by atoms with Gasteiger partial charge in [0.1, 0.15) is 0 Å². The molecule has 54 heavy (non-hydrogen) atoms. The van der Waals surface area contributed by atoms with Crippen LogP contribution in [0.5, 0.6) is 0 Å². The van der Waals surface area contributed by atoms with E-state index in [0.29, 0.717) is 5.95 Å². The fraction of sp³-hybridized carbons (Fsp3) is 0. The first-order valence-electron chi connectivity index (χ1n) is 18.4. The van der Waals surface area contributed by atoms with Crippen LogP contribution in [-0.4, -0.2) is 22.6 Å².